The van der Waals surface area contributed by atoms with Crippen LogP contribution in [-0.4, -0.2) is 4.98 Å². The van der Waals surface area contributed by atoms with E-state index >= 15 is 0 Å². The predicted molar refractivity (Wildman–Crippen MR) is 33.9 cm³/mol. The van der Waals surface area contributed by atoms with Crippen LogP contribution in [0.15, 0.2) is 12.1 Å². The van der Waals surface area contributed by atoms with Gasteiger partial charge in [-0.1, -0.05) is 11.6 Å². The van der Waals surface area contributed by atoms with Crippen molar-refractivity contribution in [2.45, 2.75) is 6.92 Å². The number of pyridine rings is 1. The van der Waals surface area contributed by atoms with Crippen molar-refractivity contribution in [2.75, 3.05) is 0 Å². The molecule has 0 unspecified atom stereocenters. The van der Waals surface area contributed by atoms with E-state index in [0.29, 0.717) is 10.8 Å². The fourth-order valence-corrected chi connectivity index (χ4v) is 0.703. The van der Waals surface area contributed by atoms with Gasteiger partial charge in [0.15, 0.2) is 0 Å². The van der Waals surface area contributed by atoms with Crippen molar-refractivity contribution in [1.29, 1.82) is 0 Å². The number of halogens is 2. The van der Waals surface area contributed by atoms with Crippen LogP contribution in [0, 0.1) is 12.7 Å². The molecule has 0 fully saturated rings. The molecule has 0 N–H and O–H groups in total. The van der Waals surface area contributed by atoms with Crippen molar-refractivity contribution in [3.63, 3.8) is 0 Å². The Kier molecular flexibility index (Phi) is 1.67. The van der Waals surface area contributed by atoms with Gasteiger partial charge in [-0.3, -0.25) is 0 Å². The minimum atomic E-state index is -0.320. The summed E-state index contributed by atoms with van der Waals surface area (Å²) in [7, 11) is 0. The molecule has 0 saturated heterocycles. The molecule has 0 aliphatic heterocycles. The zero-order chi connectivity index (χ0) is 6.85. The molecule has 0 aliphatic carbocycles. The maximum absolute atomic E-state index is 12.4. The fraction of sp³-hybridized carbons (Fsp3) is 0.167. The lowest BCUT2D eigenvalue weighted by atomic mass is 10.4. The van der Waals surface area contributed by atoms with Gasteiger partial charge in [0.05, 0.1) is 5.69 Å². The van der Waals surface area contributed by atoms with Crippen LogP contribution in [0.25, 0.3) is 0 Å². The number of rotatable bonds is 0. The summed E-state index contributed by atoms with van der Waals surface area (Å²) in [6.07, 6.45) is 0. The lowest BCUT2D eigenvalue weighted by Gasteiger charge is -1.92. The van der Waals surface area contributed by atoms with Gasteiger partial charge >= 0.3 is 0 Å². The van der Waals surface area contributed by atoms with E-state index in [0.717, 1.165) is 0 Å². The molecule has 0 aliphatic rings. The van der Waals surface area contributed by atoms with E-state index in [4.69, 9.17) is 11.6 Å². The van der Waals surface area contributed by atoms with E-state index < -0.39 is 0 Å². The minimum Gasteiger partial charge on any atom is -0.238 e. The topological polar surface area (TPSA) is 12.9 Å². The molecule has 0 bridgehead atoms. The van der Waals surface area contributed by atoms with Gasteiger partial charge in [-0.2, -0.15) is 0 Å². The van der Waals surface area contributed by atoms with Crippen molar-refractivity contribution in [3.8, 4) is 0 Å². The van der Waals surface area contributed by atoms with Gasteiger partial charge in [0, 0.05) is 0 Å². The minimum absolute atomic E-state index is 0.320. The first-order valence-corrected chi connectivity index (χ1v) is 2.86. The molecule has 0 atom stereocenters. The van der Waals surface area contributed by atoms with E-state index in [1.165, 1.54) is 12.1 Å². The molecule has 3 heteroatoms. The highest BCUT2D eigenvalue weighted by atomic mass is 35.5. The number of hydrogen-bond acceptors (Lipinski definition) is 1. The lowest BCUT2D eigenvalue weighted by molar-refractivity contribution is 0.610. The molecular formula is C6H5ClFN. The summed E-state index contributed by atoms with van der Waals surface area (Å²) in [6.45, 7) is 1.57. The largest absolute Gasteiger partial charge is 0.238 e. The van der Waals surface area contributed by atoms with Gasteiger partial charge in [-0.25, -0.2) is 9.37 Å². The van der Waals surface area contributed by atoms with E-state index in [2.05, 4.69) is 4.98 Å². The molecule has 1 aromatic heterocycles. The summed E-state index contributed by atoms with van der Waals surface area (Å²) >= 11 is 5.44. The Labute approximate surface area is 57.5 Å². The molecule has 0 spiro atoms. The standard InChI is InChI=1S/C6H5ClFN/c1-4-5(8)2-3-6(7)9-4/h2-3H,1H3. The zero-order valence-electron chi connectivity index (χ0n) is 4.86. The zero-order valence-corrected chi connectivity index (χ0v) is 5.61. The van der Waals surface area contributed by atoms with Crippen LogP contribution in [-0.2, 0) is 0 Å². The van der Waals surface area contributed by atoms with Gasteiger partial charge < -0.3 is 0 Å². The van der Waals surface area contributed by atoms with Gasteiger partial charge in [0.25, 0.3) is 0 Å². The second-order valence-corrected chi connectivity index (χ2v) is 2.09. The number of aromatic nitrogens is 1. The van der Waals surface area contributed by atoms with Gasteiger partial charge in [-0.15, -0.1) is 0 Å². The normalized spacial score (nSPS) is 9.67. The number of aryl methyl sites for hydroxylation is 1. The van der Waals surface area contributed by atoms with E-state index in [1.54, 1.807) is 6.92 Å². The van der Waals surface area contributed by atoms with E-state index in [9.17, 15) is 4.39 Å². The first kappa shape index (κ1) is 6.49. The molecular weight excluding hydrogens is 141 g/mol. The second-order valence-electron chi connectivity index (χ2n) is 1.70. The number of nitrogens with zero attached hydrogens (tertiary/aromatic N) is 1. The van der Waals surface area contributed by atoms with Gasteiger partial charge in [-0.05, 0) is 19.1 Å². The highest BCUT2D eigenvalue weighted by Crippen LogP contribution is 2.07. The number of hydrogen-bond donors (Lipinski definition) is 0. The Morgan fingerprint density at radius 3 is 2.67 bits per heavy atom. The highest BCUT2D eigenvalue weighted by Gasteiger charge is 1.96. The van der Waals surface area contributed by atoms with E-state index in [1.807, 2.05) is 0 Å². The Morgan fingerprint density at radius 1 is 1.56 bits per heavy atom. The van der Waals surface area contributed by atoms with Crippen molar-refractivity contribution < 1.29 is 4.39 Å². The Morgan fingerprint density at radius 2 is 2.22 bits per heavy atom. The average Bonchev–Trinajstić information content (AvgIpc) is 1.80. The molecule has 1 rings (SSSR count). The van der Waals surface area contributed by atoms with Crippen LogP contribution < -0.4 is 0 Å². The van der Waals surface area contributed by atoms with Crippen molar-refractivity contribution in [3.05, 3.63) is 28.8 Å². The van der Waals surface area contributed by atoms with Crippen LogP contribution in [0.5, 0.6) is 0 Å². The summed E-state index contributed by atoms with van der Waals surface area (Å²) in [6, 6.07) is 2.72. The summed E-state index contributed by atoms with van der Waals surface area (Å²) < 4.78 is 12.4. The third kappa shape index (κ3) is 1.39. The van der Waals surface area contributed by atoms with Crippen molar-refractivity contribution in [2.24, 2.45) is 0 Å². The average molecular weight is 146 g/mol. The summed E-state index contributed by atoms with van der Waals surface area (Å²) in [5.41, 5.74) is 0.336. The first-order chi connectivity index (χ1) is 4.20. The summed E-state index contributed by atoms with van der Waals surface area (Å²) in [4.78, 5) is 3.66. The summed E-state index contributed by atoms with van der Waals surface area (Å²) in [5.74, 6) is -0.320. The van der Waals surface area contributed by atoms with Gasteiger partial charge in [0.1, 0.15) is 11.0 Å². The third-order valence-electron chi connectivity index (χ3n) is 0.987. The molecule has 9 heavy (non-hydrogen) atoms. The lowest BCUT2D eigenvalue weighted by Crippen LogP contribution is -1.85. The van der Waals surface area contributed by atoms with Crippen LogP contribution in [0.2, 0.25) is 5.15 Å². The molecule has 1 aromatic rings. The molecule has 1 heterocycles. The molecule has 0 saturated carbocycles. The van der Waals surface area contributed by atoms with Crippen LogP contribution in [0.3, 0.4) is 0 Å². The monoisotopic (exact) mass is 145 g/mol. The molecule has 0 aromatic carbocycles. The molecule has 0 radical (unpaired) electrons. The molecule has 48 valence electrons. The van der Waals surface area contributed by atoms with Crippen molar-refractivity contribution >= 4 is 11.6 Å². The molecule has 0 amide bonds. The maximum Gasteiger partial charge on any atom is 0.144 e. The fourth-order valence-electron chi connectivity index (χ4n) is 0.513. The predicted octanol–water partition coefficient (Wildman–Crippen LogP) is 2.18. The Bertz CT molecular complexity index is 224. The van der Waals surface area contributed by atoms with E-state index in [-0.39, 0.29) is 5.82 Å². The Hall–Kier alpha value is -0.630. The first-order valence-electron chi connectivity index (χ1n) is 2.49. The quantitative estimate of drug-likeness (QED) is 0.510. The van der Waals surface area contributed by atoms with Crippen LogP contribution in [0.1, 0.15) is 5.69 Å². The third-order valence-corrected chi connectivity index (χ3v) is 1.20. The highest BCUT2D eigenvalue weighted by molar-refractivity contribution is 6.29. The van der Waals surface area contributed by atoms with Crippen LogP contribution >= 0.6 is 11.6 Å². The van der Waals surface area contributed by atoms with Crippen LogP contribution in [0.4, 0.5) is 4.39 Å². The Balaban J connectivity index is 3.17. The van der Waals surface area contributed by atoms with Gasteiger partial charge in [0.2, 0.25) is 0 Å². The smallest absolute Gasteiger partial charge is 0.144 e. The van der Waals surface area contributed by atoms with Crippen molar-refractivity contribution in [1.82, 2.24) is 4.98 Å². The summed E-state index contributed by atoms with van der Waals surface area (Å²) in [5, 5.41) is 0.328. The SMILES string of the molecule is Cc1nc(Cl)ccc1F. The maximum atomic E-state index is 12.4. The molecule has 1 nitrogen and oxygen atoms in total. The second kappa shape index (κ2) is 2.31.